The van der Waals surface area contributed by atoms with Crippen LogP contribution in [-0.2, 0) is 16.1 Å². The van der Waals surface area contributed by atoms with Gasteiger partial charge in [-0.2, -0.15) is 0 Å². The molecule has 25 heavy (non-hydrogen) atoms. The van der Waals surface area contributed by atoms with Crippen LogP contribution in [0.25, 0.3) is 0 Å². The molecule has 0 spiro atoms. The van der Waals surface area contributed by atoms with Gasteiger partial charge in [0.05, 0.1) is 20.3 Å². The van der Waals surface area contributed by atoms with Crippen molar-refractivity contribution >= 4 is 11.9 Å². The van der Waals surface area contributed by atoms with E-state index >= 15 is 0 Å². The Balaban J connectivity index is 2.42. The molecule has 1 aromatic carbocycles. The van der Waals surface area contributed by atoms with Gasteiger partial charge in [0.25, 0.3) is 0 Å². The quantitative estimate of drug-likeness (QED) is 0.278. The normalized spacial score (nSPS) is 11.1. The van der Waals surface area contributed by atoms with Crippen LogP contribution in [0.5, 0.6) is 5.75 Å². The van der Waals surface area contributed by atoms with E-state index in [0.717, 1.165) is 49.6 Å². The third kappa shape index (κ3) is 8.98. The number of nitrogens with one attached hydrogen (secondary N) is 2. The maximum atomic E-state index is 11.1. The van der Waals surface area contributed by atoms with E-state index in [2.05, 4.69) is 20.4 Å². The fourth-order valence-electron chi connectivity index (χ4n) is 2.32. The molecule has 0 aliphatic carbocycles. The predicted octanol–water partition coefficient (Wildman–Crippen LogP) is 2.87. The van der Waals surface area contributed by atoms with Crippen molar-refractivity contribution in [3.63, 3.8) is 0 Å². The number of ether oxygens (including phenoxy) is 2. The van der Waals surface area contributed by atoms with Gasteiger partial charge in [-0.3, -0.25) is 4.79 Å². The second-order valence-corrected chi connectivity index (χ2v) is 5.55. The Kier molecular flexibility index (Phi) is 10.9. The van der Waals surface area contributed by atoms with Crippen molar-refractivity contribution in [3.05, 3.63) is 29.8 Å². The molecule has 2 N–H and O–H groups in total. The number of carbonyl (C=O) groups excluding carboxylic acids is 1. The summed E-state index contributed by atoms with van der Waals surface area (Å²) in [5, 5.41) is 6.57. The molecular formula is C19H31N3O3. The Bertz CT molecular complexity index is 532. The number of hydrogen-bond donors (Lipinski definition) is 2. The number of hydrogen-bond acceptors (Lipinski definition) is 4. The summed E-state index contributed by atoms with van der Waals surface area (Å²) < 4.78 is 10.3. The number of rotatable bonds is 11. The highest BCUT2D eigenvalue weighted by Crippen LogP contribution is 2.18. The summed E-state index contributed by atoms with van der Waals surface area (Å²) in [5.41, 5.74) is 1.07. The van der Waals surface area contributed by atoms with Gasteiger partial charge in [-0.1, -0.05) is 24.6 Å². The summed E-state index contributed by atoms with van der Waals surface area (Å²) in [5.74, 6) is 1.53. The summed E-state index contributed by atoms with van der Waals surface area (Å²) in [7, 11) is 1.42. The standard InChI is InChI=1S/C19H31N3O3/c1-4-20-19(21-14-10-6-7-13-18(23)24-3)22-15-16-11-8-9-12-17(16)25-5-2/h8-9,11-12H,4-7,10,13-15H2,1-3H3,(H2,20,21,22). The van der Waals surface area contributed by atoms with Crippen molar-refractivity contribution < 1.29 is 14.3 Å². The third-order valence-corrected chi connectivity index (χ3v) is 3.60. The first kappa shape index (κ1) is 20.8. The molecule has 140 valence electrons. The van der Waals surface area contributed by atoms with Gasteiger partial charge in [-0.15, -0.1) is 0 Å². The molecule has 0 saturated heterocycles. The molecule has 0 amide bonds. The highest BCUT2D eigenvalue weighted by molar-refractivity contribution is 5.79. The molecule has 0 saturated carbocycles. The lowest BCUT2D eigenvalue weighted by Crippen LogP contribution is -2.37. The van der Waals surface area contributed by atoms with Crippen LogP contribution in [-0.4, -0.2) is 38.7 Å². The minimum Gasteiger partial charge on any atom is -0.494 e. The van der Waals surface area contributed by atoms with Crippen molar-refractivity contribution in [2.24, 2.45) is 4.99 Å². The number of guanidine groups is 1. The number of unbranched alkanes of at least 4 members (excludes halogenated alkanes) is 2. The van der Waals surface area contributed by atoms with E-state index in [9.17, 15) is 4.79 Å². The minimum absolute atomic E-state index is 0.143. The summed E-state index contributed by atoms with van der Waals surface area (Å²) >= 11 is 0. The maximum Gasteiger partial charge on any atom is 0.305 e. The number of para-hydroxylation sites is 1. The van der Waals surface area contributed by atoms with E-state index in [1.807, 2.05) is 38.1 Å². The molecule has 0 radical (unpaired) electrons. The van der Waals surface area contributed by atoms with Gasteiger partial charge in [0.15, 0.2) is 5.96 Å². The smallest absolute Gasteiger partial charge is 0.305 e. The highest BCUT2D eigenvalue weighted by Gasteiger charge is 2.03. The van der Waals surface area contributed by atoms with Crippen LogP contribution in [0.15, 0.2) is 29.3 Å². The largest absolute Gasteiger partial charge is 0.494 e. The Hall–Kier alpha value is -2.24. The van der Waals surface area contributed by atoms with Crippen LogP contribution in [0.1, 0.15) is 45.1 Å². The summed E-state index contributed by atoms with van der Waals surface area (Å²) in [6.07, 6.45) is 3.30. The molecule has 0 atom stereocenters. The average Bonchev–Trinajstić information content (AvgIpc) is 2.63. The molecule has 0 aliphatic heterocycles. The summed E-state index contributed by atoms with van der Waals surface area (Å²) in [6, 6.07) is 7.96. The lowest BCUT2D eigenvalue weighted by Gasteiger charge is -2.12. The van der Waals surface area contributed by atoms with E-state index in [-0.39, 0.29) is 5.97 Å². The van der Waals surface area contributed by atoms with Crippen LogP contribution in [0.2, 0.25) is 0 Å². The second kappa shape index (κ2) is 13.1. The van der Waals surface area contributed by atoms with Crippen LogP contribution >= 0.6 is 0 Å². The number of benzene rings is 1. The Morgan fingerprint density at radius 3 is 2.64 bits per heavy atom. The maximum absolute atomic E-state index is 11.1. The van der Waals surface area contributed by atoms with E-state index in [1.165, 1.54) is 7.11 Å². The van der Waals surface area contributed by atoms with Gasteiger partial charge < -0.3 is 20.1 Å². The molecule has 0 unspecified atom stereocenters. The van der Waals surface area contributed by atoms with Gasteiger partial charge >= 0.3 is 5.97 Å². The van der Waals surface area contributed by atoms with Crippen LogP contribution in [0.4, 0.5) is 0 Å². The molecule has 1 rings (SSSR count). The number of methoxy groups -OCH3 is 1. The molecule has 0 heterocycles. The van der Waals surface area contributed by atoms with E-state index < -0.39 is 0 Å². The van der Waals surface area contributed by atoms with Crippen LogP contribution in [0.3, 0.4) is 0 Å². The zero-order chi connectivity index (χ0) is 18.3. The fourth-order valence-corrected chi connectivity index (χ4v) is 2.32. The van der Waals surface area contributed by atoms with E-state index in [0.29, 0.717) is 19.6 Å². The monoisotopic (exact) mass is 349 g/mol. The first-order valence-electron chi connectivity index (χ1n) is 9.00. The van der Waals surface area contributed by atoms with Gasteiger partial charge in [-0.05, 0) is 32.8 Å². The Morgan fingerprint density at radius 1 is 1.12 bits per heavy atom. The van der Waals surface area contributed by atoms with Crippen LogP contribution < -0.4 is 15.4 Å². The van der Waals surface area contributed by atoms with Crippen molar-refractivity contribution in [3.8, 4) is 5.75 Å². The first-order chi connectivity index (χ1) is 12.2. The predicted molar refractivity (Wildman–Crippen MR) is 101 cm³/mol. The summed E-state index contributed by atoms with van der Waals surface area (Å²) in [4.78, 5) is 15.7. The second-order valence-electron chi connectivity index (χ2n) is 5.55. The van der Waals surface area contributed by atoms with Crippen molar-refractivity contribution in [2.45, 2.75) is 46.1 Å². The summed E-state index contributed by atoms with van der Waals surface area (Å²) in [6.45, 7) is 6.85. The lowest BCUT2D eigenvalue weighted by molar-refractivity contribution is -0.140. The van der Waals surface area contributed by atoms with Gasteiger partial charge in [0, 0.05) is 25.1 Å². The Labute approximate surface area is 151 Å². The van der Waals surface area contributed by atoms with Crippen molar-refractivity contribution in [1.82, 2.24) is 10.6 Å². The number of nitrogens with zero attached hydrogens (tertiary/aromatic N) is 1. The molecule has 0 aliphatic rings. The van der Waals surface area contributed by atoms with E-state index in [1.54, 1.807) is 0 Å². The SMILES string of the molecule is CCNC(=NCc1ccccc1OCC)NCCCCCC(=O)OC. The Morgan fingerprint density at radius 2 is 1.92 bits per heavy atom. The van der Waals surface area contributed by atoms with Crippen molar-refractivity contribution in [1.29, 1.82) is 0 Å². The first-order valence-corrected chi connectivity index (χ1v) is 9.00. The van der Waals surface area contributed by atoms with Gasteiger partial charge in [-0.25, -0.2) is 4.99 Å². The highest BCUT2D eigenvalue weighted by atomic mass is 16.5. The lowest BCUT2D eigenvalue weighted by atomic mass is 10.2. The molecule has 6 heteroatoms. The van der Waals surface area contributed by atoms with Gasteiger partial charge in [0.2, 0.25) is 0 Å². The molecule has 0 bridgehead atoms. The van der Waals surface area contributed by atoms with Gasteiger partial charge in [0.1, 0.15) is 5.75 Å². The minimum atomic E-state index is -0.143. The van der Waals surface area contributed by atoms with Crippen molar-refractivity contribution in [2.75, 3.05) is 26.8 Å². The zero-order valence-corrected chi connectivity index (χ0v) is 15.6. The topological polar surface area (TPSA) is 72.0 Å². The molecule has 1 aromatic rings. The number of aliphatic imine (C=N–C) groups is 1. The zero-order valence-electron chi connectivity index (χ0n) is 15.6. The molecule has 0 fully saturated rings. The fraction of sp³-hybridized carbons (Fsp3) is 0.579. The molecule has 6 nitrogen and oxygen atoms in total. The average molecular weight is 349 g/mol. The molecular weight excluding hydrogens is 318 g/mol. The molecule has 0 aromatic heterocycles. The van der Waals surface area contributed by atoms with Crippen LogP contribution in [0, 0.1) is 0 Å². The van der Waals surface area contributed by atoms with E-state index in [4.69, 9.17) is 4.74 Å². The number of carbonyl (C=O) groups is 1. The third-order valence-electron chi connectivity index (χ3n) is 3.60. The number of esters is 1.